The van der Waals surface area contributed by atoms with Crippen molar-refractivity contribution in [3.8, 4) is 0 Å². The molecule has 0 saturated heterocycles. The van der Waals surface area contributed by atoms with Crippen molar-refractivity contribution in [2.45, 2.75) is 50.6 Å². The van der Waals surface area contributed by atoms with Crippen molar-refractivity contribution in [2.24, 2.45) is 0 Å². The summed E-state index contributed by atoms with van der Waals surface area (Å²) < 4.78 is 37.8. The molecule has 0 heterocycles. The van der Waals surface area contributed by atoms with E-state index in [9.17, 15) is 23.1 Å². The number of likely N-dealkylation sites (N-methyl/N-ethyl adjacent to an activating group) is 1. The van der Waals surface area contributed by atoms with Crippen LogP contribution in [-0.4, -0.2) is 41.6 Å². The first kappa shape index (κ1) is 18.7. The lowest BCUT2D eigenvalue weighted by atomic mass is 9.99. The maximum Gasteiger partial charge on any atom is 0.416 e. The highest BCUT2D eigenvalue weighted by molar-refractivity contribution is 5.78. The standard InChI is InChI=1S/C17H23F3N2O2/c1-3-14(21-15(23)10-22(2)13-8-9-13)16(24)11-4-6-12(7-5-11)17(18,19)20/h4-7,13-14,16,24H,3,8-10H2,1-2H3,(H,21,23). The monoisotopic (exact) mass is 344 g/mol. The number of carbonyl (C=O) groups excluding carboxylic acids is 1. The van der Waals surface area contributed by atoms with E-state index in [1.165, 1.54) is 12.1 Å². The van der Waals surface area contributed by atoms with Gasteiger partial charge < -0.3 is 10.4 Å². The van der Waals surface area contributed by atoms with E-state index < -0.39 is 23.9 Å². The van der Waals surface area contributed by atoms with Gasteiger partial charge in [-0.15, -0.1) is 0 Å². The molecule has 2 unspecified atom stereocenters. The van der Waals surface area contributed by atoms with Crippen molar-refractivity contribution < 1.29 is 23.1 Å². The number of hydrogen-bond donors (Lipinski definition) is 2. The van der Waals surface area contributed by atoms with Gasteiger partial charge in [0.15, 0.2) is 0 Å². The highest BCUT2D eigenvalue weighted by Crippen LogP contribution is 2.30. The first-order chi connectivity index (χ1) is 11.2. The van der Waals surface area contributed by atoms with Crippen LogP contribution in [0.25, 0.3) is 0 Å². The smallest absolute Gasteiger partial charge is 0.386 e. The molecule has 2 N–H and O–H groups in total. The number of carbonyl (C=O) groups is 1. The van der Waals surface area contributed by atoms with E-state index in [0.29, 0.717) is 18.0 Å². The predicted molar refractivity (Wildman–Crippen MR) is 84.3 cm³/mol. The summed E-state index contributed by atoms with van der Waals surface area (Å²) in [5, 5.41) is 13.1. The Morgan fingerprint density at radius 1 is 1.33 bits per heavy atom. The highest BCUT2D eigenvalue weighted by atomic mass is 19.4. The lowest BCUT2D eigenvalue weighted by Gasteiger charge is -2.25. The Kier molecular flexibility index (Phi) is 5.87. The summed E-state index contributed by atoms with van der Waals surface area (Å²) in [4.78, 5) is 14.0. The minimum absolute atomic E-state index is 0.192. The van der Waals surface area contributed by atoms with Crippen LogP contribution in [0.1, 0.15) is 43.4 Å². The molecule has 1 fully saturated rings. The Bertz CT molecular complexity index is 556. The molecule has 1 amide bonds. The van der Waals surface area contributed by atoms with Crippen LogP contribution in [0.4, 0.5) is 13.2 Å². The number of rotatable bonds is 7. The van der Waals surface area contributed by atoms with Crippen molar-refractivity contribution in [2.75, 3.05) is 13.6 Å². The van der Waals surface area contributed by atoms with E-state index in [1.54, 1.807) is 0 Å². The van der Waals surface area contributed by atoms with E-state index in [-0.39, 0.29) is 12.5 Å². The van der Waals surface area contributed by atoms with Crippen molar-refractivity contribution in [3.05, 3.63) is 35.4 Å². The minimum atomic E-state index is -4.41. The van der Waals surface area contributed by atoms with Crippen molar-refractivity contribution in [1.82, 2.24) is 10.2 Å². The normalized spacial score (nSPS) is 17.6. The van der Waals surface area contributed by atoms with Gasteiger partial charge in [0, 0.05) is 6.04 Å². The van der Waals surface area contributed by atoms with Gasteiger partial charge in [0.1, 0.15) is 0 Å². The summed E-state index contributed by atoms with van der Waals surface area (Å²) in [6, 6.07) is 4.29. The SMILES string of the molecule is CCC(NC(=O)CN(C)C1CC1)C(O)c1ccc(C(F)(F)F)cc1. The molecule has 0 spiro atoms. The fourth-order valence-electron chi connectivity index (χ4n) is 2.63. The highest BCUT2D eigenvalue weighted by Gasteiger charge is 2.31. The van der Waals surface area contributed by atoms with Gasteiger partial charge in [0.05, 0.1) is 24.3 Å². The van der Waals surface area contributed by atoms with E-state index in [2.05, 4.69) is 5.32 Å². The molecule has 1 aliphatic carbocycles. The Labute approximate surface area is 139 Å². The van der Waals surface area contributed by atoms with E-state index in [1.807, 2.05) is 18.9 Å². The molecular formula is C17H23F3N2O2. The quantitative estimate of drug-likeness (QED) is 0.800. The number of aliphatic hydroxyl groups excluding tert-OH is 1. The maximum atomic E-state index is 12.6. The van der Waals surface area contributed by atoms with Crippen LogP contribution in [0.3, 0.4) is 0 Å². The van der Waals surface area contributed by atoms with Crippen molar-refractivity contribution >= 4 is 5.91 Å². The molecular weight excluding hydrogens is 321 g/mol. The van der Waals surface area contributed by atoms with Crippen LogP contribution in [-0.2, 0) is 11.0 Å². The third-order valence-corrected chi connectivity index (χ3v) is 4.31. The van der Waals surface area contributed by atoms with Crippen molar-refractivity contribution in [3.63, 3.8) is 0 Å². The summed E-state index contributed by atoms with van der Waals surface area (Å²) in [6.45, 7) is 2.06. The molecule has 2 rings (SSSR count). The van der Waals surface area contributed by atoms with Gasteiger partial charge in [-0.3, -0.25) is 9.69 Å². The molecule has 0 aromatic heterocycles. The maximum absolute atomic E-state index is 12.6. The van der Waals surface area contributed by atoms with Gasteiger partial charge in [-0.05, 0) is 44.0 Å². The average molecular weight is 344 g/mol. The van der Waals surface area contributed by atoms with E-state index in [4.69, 9.17) is 0 Å². The number of amides is 1. The third-order valence-electron chi connectivity index (χ3n) is 4.31. The third kappa shape index (κ3) is 4.95. The first-order valence-corrected chi connectivity index (χ1v) is 8.07. The molecule has 0 radical (unpaired) electrons. The lowest BCUT2D eigenvalue weighted by Crippen LogP contribution is -2.44. The van der Waals surface area contributed by atoms with Gasteiger partial charge in [0.25, 0.3) is 0 Å². The van der Waals surface area contributed by atoms with E-state index in [0.717, 1.165) is 25.0 Å². The molecule has 2 atom stereocenters. The first-order valence-electron chi connectivity index (χ1n) is 8.07. The number of halogens is 3. The Balaban J connectivity index is 1.97. The molecule has 0 bridgehead atoms. The van der Waals surface area contributed by atoms with Gasteiger partial charge in [-0.2, -0.15) is 13.2 Å². The van der Waals surface area contributed by atoms with Crippen LogP contribution in [0.15, 0.2) is 24.3 Å². The summed E-state index contributed by atoms with van der Waals surface area (Å²) in [5.41, 5.74) is -0.410. The summed E-state index contributed by atoms with van der Waals surface area (Å²) >= 11 is 0. The van der Waals surface area contributed by atoms with Crippen LogP contribution in [0.5, 0.6) is 0 Å². The Morgan fingerprint density at radius 2 is 1.92 bits per heavy atom. The van der Waals surface area contributed by atoms with Crippen LogP contribution in [0.2, 0.25) is 0 Å². The average Bonchev–Trinajstić information content (AvgIpc) is 3.36. The fraction of sp³-hybridized carbons (Fsp3) is 0.588. The van der Waals surface area contributed by atoms with Crippen LogP contribution in [0, 0.1) is 0 Å². The second kappa shape index (κ2) is 7.53. The van der Waals surface area contributed by atoms with Crippen molar-refractivity contribution in [1.29, 1.82) is 0 Å². The van der Waals surface area contributed by atoms with Gasteiger partial charge >= 0.3 is 6.18 Å². The van der Waals surface area contributed by atoms with Gasteiger partial charge in [0.2, 0.25) is 5.91 Å². The zero-order valence-corrected chi connectivity index (χ0v) is 13.8. The molecule has 1 aromatic rings. The second-order valence-electron chi connectivity index (χ2n) is 6.29. The fourth-order valence-corrected chi connectivity index (χ4v) is 2.63. The largest absolute Gasteiger partial charge is 0.416 e. The van der Waals surface area contributed by atoms with Crippen LogP contribution < -0.4 is 5.32 Å². The Morgan fingerprint density at radius 3 is 2.38 bits per heavy atom. The summed E-state index contributed by atoms with van der Waals surface area (Å²) in [7, 11) is 1.88. The minimum Gasteiger partial charge on any atom is -0.386 e. The number of hydrogen-bond acceptors (Lipinski definition) is 3. The number of nitrogens with one attached hydrogen (secondary N) is 1. The molecule has 1 saturated carbocycles. The zero-order chi connectivity index (χ0) is 17.9. The summed E-state index contributed by atoms with van der Waals surface area (Å²) in [6.07, 6.45) is -2.80. The van der Waals surface area contributed by atoms with E-state index >= 15 is 0 Å². The number of aliphatic hydroxyl groups is 1. The van der Waals surface area contributed by atoms with Crippen LogP contribution >= 0.6 is 0 Å². The number of nitrogens with zero attached hydrogens (tertiary/aromatic N) is 1. The zero-order valence-electron chi connectivity index (χ0n) is 13.8. The van der Waals surface area contributed by atoms with Gasteiger partial charge in [-0.1, -0.05) is 19.1 Å². The number of alkyl halides is 3. The molecule has 4 nitrogen and oxygen atoms in total. The molecule has 134 valence electrons. The molecule has 7 heteroatoms. The lowest BCUT2D eigenvalue weighted by molar-refractivity contribution is -0.137. The molecule has 0 aliphatic heterocycles. The number of benzene rings is 1. The topological polar surface area (TPSA) is 52.6 Å². The molecule has 1 aromatic carbocycles. The Hall–Kier alpha value is -1.60. The predicted octanol–water partition coefficient (Wildman–Crippen LogP) is 2.73. The summed E-state index contributed by atoms with van der Waals surface area (Å²) in [5.74, 6) is -0.192. The van der Waals surface area contributed by atoms with Gasteiger partial charge in [-0.25, -0.2) is 0 Å². The molecule has 1 aliphatic rings. The second-order valence-corrected chi connectivity index (χ2v) is 6.29. The molecule has 24 heavy (non-hydrogen) atoms.